The van der Waals surface area contributed by atoms with Gasteiger partial charge in [0.2, 0.25) is 0 Å². The molecule has 0 saturated carbocycles. The first kappa shape index (κ1) is 22.8. The van der Waals surface area contributed by atoms with Gasteiger partial charge in [-0.05, 0) is 56.2 Å². The van der Waals surface area contributed by atoms with E-state index in [0.717, 1.165) is 21.3 Å². The van der Waals surface area contributed by atoms with Crippen molar-refractivity contribution in [1.29, 1.82) is 0 Å². The first-order valence-electron chi connectivity index (χ1n) is 11.4. The quantitative estimate of drug-likeness (QED) is 0.215. The van der Waals surface area contributed by atoms with E-state index in [4.69, 9.17) is 4.74 Å². The van der Waals surface area contributed by atoms with Crippen LogP contribution >= 0.6 is 11.3 Å². The zero-order chi connectivity index (χ0) is 24.7. The van der Waals surface area contributed by atoms with Gasteiger partial charge in [-0.1, -0.05) is 59.4 Å². The maximum Gasteiger partial charge on any atom is 0.301 e. The summed E-state index contributed by atoms with van der Waals surface area (Å²) in [5.74, 6) is -1.06. The van der Waals surface area contributed by atoms with Crippen LogP contribution in [0, 0.1) is 13.8 Å². The van der Waals surface area contributed by atoms with E-state index in [0.29, 0.717) is 28.6 Å². The molecule has 1 saturated heterocycles. The highest BCUT2D eigenvalue weighted by Crippen LogP contribution is 2.44. The topological polar surface area (TPSA) is 79.7 Å². The molecule has 1 aromatic heterocycles. The SMILES string of the molecule is CCOc1cccc(C2C(=C(O)c3ccc(C)cc3)C(=O)C(=O)N2c2nc3ccc(C)cc3s2)c1. The zero-order valence-corrected chi connectivity index (χ0v) is 20.4. The molecule has 0 radical (unpaired) electrons. The Hall–Kier alpha value is -3.97. The smallest absolute Gasteiger partial charge is 0.301 e. The third-order valence-corrected chi connectivity index (χ3v) is 7.01. The van der Waals surface area contributed by atoms with Gasteiger partial charge >= 0.3 is 5.91 Å². The van der Waals surface area contributed by atoms with E-state index in [1.807, 2.05) is 69.3 Å². The Labute approximate surface area is 207 Å². The average Bonchev–Trinajstić information content (AvgIpc) is 3.37. The Morgan fingerprint density at radius 1 is 1.03 bits per heavy atom. The Morgan fingerprint density at radius 3 is 2.51 bits per heavy atom. The minimum Gasteiger partial charge on any atom is -0.507 e. The second-order valence-corrected chi connectivity index (χ2v) is 9.52. The van der Waals surface area contributed by atoms with Gasteiger partial charge in [0.25, 0.3) is 5.78 Å². The number of aliphatic hydroxyl groups excluding tert-OH is 1. The van der Waals surface area contributed by atoms with Crippen molar-refractivity contribution in [3.05, 3.63) is 94.6 Å². The zero-order valence-electron chi connectivity index (χ0n) is 19.6. The summed E-state index contributed by atoms with van der Waals surface area (Å²) in [7, 11) is 0. The number of fused-ring (bicyclic) bond motifs is 1. The lowest BCUT2D eigenvalue weighted by molar-refractivity contribution is -0.132. The molecule has 3 aromatic carbocycles. The molecule has 6 nitrogen and oxygen atoms in total. The summed E-state index contributed by atoms with van der Waals surface area (Å²) < 4.78 is 6.59. The molecular weight excluding hydrogens is 460 g/mol. The number of Topliss-reactive ketones (excluding diaryl/α,β-unsaturated/α-hetero) is 1. The number of carbonyl (C=O) groups excluding carboxylic acids is 2. The standard InChI is InChI=1S/C28H24N2O4S/c1-4-34-20-7-5-6-19(15-20)24-23(25(31)18-11-8-16(2)9-12-18)26(32)27(33)30(24)28-29-21-13-10-17(3)14-22(21)35-28/h5-15,24,31H,4H2,1-3H3. The number of carbonyl (C=O) groups is 2. The summed E-state index contributed by atoms with van der Waals surface area (Å²) in [6.45, 7) is 6.30. The van der Waals surface area contributed by atoms with Gasteiger partial charge in [-0.3, -0.25) is 14.5 Å². The normalized spacial score (nSPS) is 17.3. The minimum atomic E-state index is -0.849. The van der Waals surface area contributed by atoms with E-state index in [2.05, 4.69) is 4.98 Å². The Balaban J connectivity index is 1.72. The van der Waals surface area contributed by atoms with Gasteiger partial charge in [-0.2, -0.15) is 0 Å². The van der Waals surface area contributed by atoms with Gasteiger partial charge < -0.3 is 9.84 Å². The second kappa shape index (κ2) is 9.00. The number of hydrogen-bond acceptors (Lipinski definition) is 6. The fraction of sp³-hybridized carbons (Fsp3) is 0.179. The van der Waals surface area contributed by atoms with Crippen LogP contribution < -0.4 is 9.64 Å². The largest absolute Gasteiger partial charge is 0.507 e. The molecule has 1 unspecified atom stereocenters. The molecule has 5 rings (SSSR count). The molecule has 1 aliphatic rings. The van der Waals surface area contributed by atoms with E-state index in [-0.39, 0.29) is 11.3 Å². The lowest BCUT2D eigenvalue weighted by Crippen LogP contribution is -2.29. The summed E-state index contributed by atoms with van der Waals surface area (Å²) in [6, 6.07) is 19.5. The molecule has 2 heterocycles. The Kier molecular flexibility index (Phi) is 5.86. The molecule has 4 aromatic rings. The molecule has 1 amide bonds. The van der Waals surface area contributed by atoms with Crippen LogP contribution in [0.1, 0.15) is 35.2 Å². The molecule has 7 heteroatoms. The van der Waals surface area contributed by atoms with Crippen molar-refractivity contribution in [2.75, 3.05) is 11.5 Å². The highest BCUT2D eigenvalue weighted by atomic mass is 32.1. The molecule has 0 spiro atoms. The number of benzene rings is 3. The number of aryl methyl sites for hydroxylation is 2. The average molecular weight is 485 g/mol. The maximum absolute atomic E-state index is 13.4. The van der Waals surface area contributed by atoms with E-state index in [1.54, 1.807) is 18.2 Å². The molecule has 1 N–H and O–H groups in total. The van der Waals surface area contributed by atoms with Crippen LogP contribution in [0.15, 0.2) is 72.3 Å². The Bertz CT molecular complexity index is 1490. The predicted octanol–water partition coefficient (Wildman–Crippen LogP) is 5.94. The number of thiazole rings is 1. The third-order valence-electron chi connectivity index (χ3n) is 5.99. The number of ether oxygens (including phenoxy) is 1. The number of amides is 1. The van der Waals surface area contributed by atoms with E-state index >= 15 is 0 Å². The molecule has 1 atom stereocenters. The van der Waals surface area contributed by atoms with Gasteiger partial charge in [0.05, 0.1) is 28.4 Å². The first-order valence-corrected chi connectivity index (χ1v) is 12.2. The summed E-state index contributed by atoms with van der Waals surface area (Å²) in [5, 5.41) is 11.7. The first-order chi connectivity index (χ1) is 16.9. The number of ketones is 1. The summed E-state index contributed by atoms with van der Waals surface area (Å²) in [6.07, 6.45) is 0. The van der Waals surface area contributed by atoms with Crippen LogP contribution in [0.5, 0.6) is 5.75 Å². The fourth-order valence-electron chi connectivity index (χ4n) is 4.28. The van der Waals surface area contributed by atoms with Crippen molar-refractivity contribution >= 4 is 44.1 Å². The van der Waals surface area contributed by atoms with Gasteiger partial charge in [0.15, 0.2) is 5.13 Å². The molecule has 0 bridgehead atoms. The van der Waals surface area contributed by atoms with E-state index in [1.165, 1.54) is 16.2 Å². The molecule has 1 fully saturated rings. The maximum atomic E-state index is 13.4. The number of aliphatic hydroxyl groups is 1. The minimum absolute atomic E-state index is 0.0305. The van der Waals surface area contributed by atoms with Crippen LogP contribution in [0.2, 0.25) is 0 Å². The van der Waals surface area contributed by atoms with Crippen LogP contribution in [-0.4, -0.2) is 28.4 Å². The van der Waals surface area contributed by atoms with Crippen molar-refractivity contribution in [1.82, 2.24) is 4.98 Å². The number of rotatable bonds is 5. The molecule has 1 aliphatic heterocycles. The molecule has 176 valence electrons. The predicted molar refractivity (Wildman–Crippen MR) is 138 cm³/mol. The van der Waals surface area contributed by atoms with Crippen LogP contribution in [0.4, 0.5) is 5.13 Å². The van der Waals surface area contributed by atoms with E-state index in [9.17, 15) is 14.7 Å². The Morgan fingerprint density at radius 2 is 1.77 bits per heavy atom. The highest BCUT2D eigenvalue weighted by molar-refractivity contribution is 7.22. The van der Waals surface area contributed by atoms with Crippen LogP contribution in [0.3, 0.4) is 0 Å². The lowest BCUT2D eigenvalue weighted by atomic mass is 9.95. The summed E-state index contributed by atoms with van der Waals surface area (Å²) in [4.78, 5) is 32.8. The van der Waals surface area contributed by atoms with Crippen molar-refractivity contribution < 1.29 is 19.4 Å². The highest BCUT2D eigenvalue weighted by Gasteiger charge is 2.48. The number of aromatic nitrogens is 1. The van der Waals surface area contributed by atoms with Gasteiger partial charge in [-0.25, -0.2) is 4.98 Å². The van der Waals surface area contributed by atoms with Crippen LogP contribution in [-0.2, 0) is 9.59 Å². The van der Waals surface area contributed by atoms with Crippen molar-refractivity contribution in [3.63, 3.8) is 0 Å². The summed E-state index contributed by atoms with van der Waals surface area (Å²) >= 11 is 1.35. The van der Waals surface area contributed by atoms with Crippen molar-refractivity contribution in [2.45, 2.75) is 26.8 Å². The number of nitrogens with zero attached hydrogens (tertiary/aromatic N) is 2. The second-order valence-electron chi connectivity index (χ2n) is 8.51. The summed E-state index contributed by atoms with van der Waals surface area (Å²) in [5.41, 5.74) is 4.00. The van der Waals surface area contributed by atoms with Gasteiger partial charge in [-0.15, -0.1) is 0 Å². The number of hydrogen-bond donors (Lipinski definition) is 1. The number of anilines is 1. The molecule has 0 aliphatic carbocycles. The fourth-order valence-corrected chi connectivity index (χ4v) is 5.37. The molecule has 35 heavy (non-hydrogen) atoms. The van der Waals surface area contributed by atoms with Gasteiger partial charge in [0.1, 0.15) is 11.5 Å². The van der Waals surface area contributed by atoms with Crippen molar-refractivity contribution in [2.24, 2.45) is 0 Å². The monoisotopic (exact) mass is 484 g/mol. The molecular formula is C28H24N2O4S. The van der Waals surface area contributed by atoms with Crippen LogP contribution in [0.25, 0.3) is 16.0 Å². The van der Waals surface area contributed by atoms with E-state index < -0.39 is 17.7 Å². The third kappa shape index (κ3) is 4.08. The van der Waals surface area contributed by atoms with Crippen molar-refractivity contribution in [3.8, 4) is 5.75 Å². The van der Waals surface area contributed by atoms with Gasteiger partial charge in [0, 0.05) is 5.56 Å². The lowest BCUT2D eigenvalue weighted by Gasteiger charge is -2.23.